The van der Waals surface area contributed by atoms with E-state index in [0.717, 1.165) is 12.8 Å². The number of anilines is 1. The van der Waals surface area contributed by atoms with Gasteiger partial charge in [-0.1, -0.05) is 13.3 Å². The fraction of sp³-hybridized carbons (Fsp3) is 0.462. The lowest BCUT2D eigenvalue weighted by molar-refractivity contribution is 0.510. The Morgan fingerprint density at radius 2 is 2.12 bits per heavy atom. The van der Waals surface area contributed by atoms with Crippen LogP contribution in [0.1, 0.15) is 39.2 Å². The van der Waals surface area contributed by atoms with Gasteiger partial charge < -0.3 is 5.32 Å². The number of rotatable bonds is 4. The van der Waals surface area contributed by atoms with E-state index in [1.807, 2.05) is 6.07 Å². The summed E-state index contributed by atoms with van der Waals surface area (Å²) in [5.74, 6) is -0.379. The zero-order valence-corrected chi connectivity index (χ0v) is 9.97. The predicted octanol–water partition coefficient (Wildman–Crippen LogP) is 3.69. The van der Waals surface area contributed by atoms with Crippen LogP contribution in [0.4, 0.5) is 10.1 Å². The normalized spacial score (nSPS) is 10.9. The highest BCUT2D eigenvalue weighted by molar-refractivity contribution is 5.58. The molecule has 0 heterocycles. The van der Waals surface area contributed by atoms with E-state index in [-0.39, 0.29) is 11.4 Å². The average molecular weight is 220 g/mol. The van der Waals surface area contributed by atoms with Crippen molar-refractivity contribution in [2.75, 3.05) is 5.32 Å². The summed E-state index contributed by atoms with van der Waals surface area (Å²) in [7, 11) is 0. The Kier molecular flexibility index (Phi) is 3.89. The molecule has 1 aromatic rings. The van der Waals surface area contributed by atoms with Gasteiger partial charge in [-0.2, -0.15) is 5.26 Å². The lowest BCUT2D eigenvalue weighted by Crippen LogP contribution is -2.30. The second-order valence-electron chi connectivity index (χ2n) is 4.56. The average Bonchev–Trinajstić information content (AvgIpc) is 2.20. The highest BCUT2D eigenvalue weighted by Gasteiger charge is 2.17. The second kappa shape index (κ2) is 4.98. The Balaban J connectivity index is 2.93. The predicted molar refractivity (Wildman–Crippen MR) is 63.7 cm³/mol. The van der Waals surface area contributed by atoms with Gasteiger partial charge in [-0.05, 0) is 38.5 Å². The van der Waals surface area contributed by atoms with Crippen molar-refractivity contribution in [1.29, 1.82) is 5.26 Å². The molecule has 0 saturated carbocycles. The van der Waals surface area contributed by atoms with Crippen molar-refractivity contribution >= 4 is 5.69 Å². The summed E-state index contributed by atoms with van der Waals surface area (Å²) >= 11 is 0. The SMILES string of the molecule is CCCC(C)(C)Nc1ccc(F)cc1C#N. The fourth-order valence-electron chi connectivity index (χ4n) is 1.77. The number of hydrogen-bond donors (Lipinski definition) is 1. The molecule has 86 valence electrons. The number of halogens is 1. The van der Waals surface area contributed by atoms with E-state index in [2.05, 4.69) is 26.1 Å². The van der Waals surface area contributed by atoms with Crippen molar-refractivity contribution in [3.8, 4) is 6.07 Å². The first-order valence-corrected chi connectivity index (χ1v) is 5.46. The lowest BCUT2D eigenvalue weighted by atomic mass is 9.98. The molecular weight excluding hydrogens is 203 g/mol. The minimum atomic E-state index is -0.379. The molecule has 0 bridgehead atoms. The summed E-state index contributed by atoms with van der Waals surface area (Å²) in [4.78, 5) is 0. The molecule has 0 fully saturated rings. The zero-order valence-electron chi connectivity index (χ0n) is 9.97. The van der Waals surface area contributed by atoms with Gasteiger partial charge in [0.05, 0.1) is 11.3 Å². The van der Waals surface area contributed by atoms with Crippen molar-refractivity contribution in [3.05, 3.63) is 29.6 Å². The summed E-state index contributed by atoms with van der Waals surface area (Å²) in [5, 5.41) is 12.2. The molecule has 1 aromatic carbocycles. The smallest absolute Gasteiger partial charge is 0.124 e. The minimum Gasteiger partial charge on any atom is -0.379 e. The maximum Gasteiger partial charge on any atom is 0.124 e. The Bertz CT molecular complexity index is 405. The largest absolute Gasteiger partial charge is 0.379 e. The van der Waals surface area contributed by atoms with Gasteiger partial charge in [0.1, 0.15) is 11.9 Å². The van der Waals surface area contributed by atoms with Gasteiger partial charge >= 0.3 is 0 Å². The first kappa shape index (κ1) is 12.5. The van der Waals surface area contributed by atoms with Crippen LogP contribution in [-0.2, 0) is 0 Å². The quantitative estimate of drug-likeness (QED) is 0.840. The van der Waals surface area contributed by atoms with Crippen LogP contribution in [0.25, 0.3) is 0 Å². The number of benzene rings is 1. The molecule has 1 N–H and O–H groups in total. The van der Waals surface area contributed by atoms with E-state index >= 15 is 0 Å². The van der Waals surface area contributed by atoms with Gasteiger partial charge in [0.25, 0.3) is 0 Å². The van der Waals surface area contributed by atoms with E-state index in [0.29, 0.717) is 11.3 Å². The van der Waals surface area contributed by atoms with E-state index in [1.54, 1.807) is 6.07 Å². The van der Waals surface area contributed by atoms with E-state index in [1.165, 1.54) is 12.1 Å². The Morgan fingerprint density at radius 1 is 1.44 bits per heavy atom. The Morgan fingerprint density at radius 3 is 2.69 bits per heavy atom. The van der Waals surface area contributed by atoms with Crippen molar-refractivity contribution in [1.82, 2.24) is 0 Å². The van der Waals surface area contributed by atoms with E-state index in [9.17, 15) is 4.39 Å². The van der Waals surface area contributed by atoms with Crippen LogP contribution in [0.15, 0.2) is 18.2 Å². The summed E-state index contributed by atoms with van der Waals surface area (Å²) in [6.07, 6.45) is 2.05. The van der Waals surface area contributed by atoms with Gasteiger partial charge in [0.2, 0.25) is 0 Å². The van der Waals surface area contributed by atoms with Crippen molar-refractivity contribution in [2.24, 2.45) is 0 Å². The van der Waals surface area contributed by atoms with Crippen LogP contribution in [0.5, 0.6) is 0 Å². The number of nitriles is 1. The topological polar surface area (TPSA) is 35.8 Å². The van der Waals surface area contributed by atoms with E-state index in [4.69, 9.17) is 5.26 Å². The third-order valence-corrected chi connectivity index (χ3v) is 2.45. The number of nitrogens with one attached hydrogen (secondary N) is 1. The first-order chi connectivity index (χ1) is 7.48. The molecule has 1 rings (SSSR count). The molecule has 0 unspecified atom stereocenters. The van der Waals surface area contributed by atoms with Gasteiger partial charge in [-0.3, -0.25) is 0 Å². The molecule has 0 aromatic heterocycles. The summed E-state index contributed by atoms with van der Waals surface area (Å²) < 4.78 is 12.9. The molecule has 0 spiro atoms. The summed E-state index contributed by atoms with van der Waals surface area (Å²) in [6, 6.07) is 6.24. The van der Waals surface area contributed by atoms with Crippen LogP contribution in [-0.4, -0.2) is 5.54 Å². The minimum absolute atomic E-state index is 0.0851. The number of hydrogen-bond acceptors (Lipinski definition) is 2. The molecular formula is C13H17FN2. The maximum absolute atomic E-state index is 12.9. The molecule has 0 radical (unpaired) electrons. The summed E-state index contributed by atoms with van der Waals surface area (Å²) in [6.45, 7) is 6.25. The standard InChI is InChI=1S/C13H17FN2/c1-4-7-13(2,3)16-12-6-5-11(14)8-10(12)9-15/h5-6,8,16H,4,7H2,1-3H3. The van der Waals surface area contributed by atoms with Gasteiger partial charge in [0.15, 0.2) is 0 Å². The van der Waals surface area contributed by atoms with Crippen molar-refractivity contribution < 1.29 is 4.39 Å². The maximum atomic E-state index is 12.9. The first-order valence-electron chi connectivity index (χ1n) is 5.46. The molecule has 0 saturated heterocycles. The third kappa shape index (κ3) is 3.23. The molecule has 3 heteroatoms. The lowest BCUT2D eigenvalue weighted by Gasteiger charge is -2.27. The molecule has 0 amide bonds. The molecule has 0 aliphatic carbocycles. The van der Waals surface area contributed by atoms with Crippen LogP contribution in [0, 0.1) is 17.1 Å². The van der Waals surface area contributed by atoms with Crippen LogP contribution < -0.4 is 5.32 Å². The van der Waals surface area contributed by atoms with Crippen LogP contribution in [0.3, 0.4) is 0 Å². The molecule has 0 aliphatic heterocycles. The van der Waals surface area contributed by atoms with Crippen LogP contribution in [0.2, 0.25) is 0 Å². The zero-order chi connectivity index (χ0) is 12.2. The fourth-order valence-corrected chi connectivity index (χ4v) is 1.77. The molecule has 2 nitrogen and oxygen atoms in total. The van der Waals surface area contributed by atoms with E-state index < -0.39 is 0 Å². The molecule has 16 heavy (non-hydrogen) atoms. The summed E-state index contributed by atoms with van der Waals surface area (Å²) in [5.41, 5.74) is 0.963. The number of nitrogens with zero attached hydrogens (tertiary/aromatic N) is 1. The van der Waals surface area contributed by atoms with Gasteiger partial charge in [0, 0.05) is 5.54 Å². The van der Waals surface area contributed by atoms with Gasteiger partial charge in [-0.15, -0.1) is 0 Å². The van der Waals surface area contributed by atoms with Crippen molar-refractivity contribution in [3.63, 3.8) is 0 Å². The highest BCUT2D eigenvalue weighted by atomic mass is 19.1. The molecule has 0 atom stereocenters. The molecule has 0 aliphatic rings. The Labute approximate surface area is 96.1 Å². The van der Waals surface area contributed by atoms with Crippen LogP contribution >= 0.6 is 0 Å². The monoisotopic (exact) mass is 220 g/mol. The van der Waals surface area contributed by atoms with Crippen molar-refractivity contribution in [2.45, 2.75) is 39.2 Å². The Hall–Kier alpha value is -1.56. The van der Waals surface area contributed by atoms with Gasteiger partial charge in [-0.25, -0.2) is 4.39 Å². The third-order valence-electron chi connectivity index (χ3n) is 2.45. The second-order valence-corrected chi connectivity index (χ2v) is 4.56. The highest BCUT2D eigenvalue weighted by Crippen LogP contribution is 2.23.